The van der Waals surface area contributed by atoms with Crippen molar-refractivity contribution in [3.05, 3.63) is 57.3 Å². The molecule has 152 valence electrons. The van der Waals surface area contributed by atoms with Crippen LogP contribution in [0, 0.1) is 12.7 Å². The predicted molar refractivity (Wildman–Crippen MR) is 109 cm³/mol. The Balaban J connectivity index is 1.71. The molecule has 4 rings (SSSR count). The van der Waals surface area contributed by atoms with Crippen LogP contribution in [-0.2, 0) is 0 Å². The van der Waals surface area contributed by atoms with Gasteiger partial charge < -0.3 is 4.90 Å². The SMILES string of the molecule is Cc1cc([C@@H]2CN(C(=O)c3cc(Cl)c(F)c(Cl)c3)CC(F)(P)C2)n2ncnc2n1. The monoisotopic (exact) mass is 457 g/mol. The van der Waals surface area contributed by atoms with Crippen LogP contribution in [-0.4, -0.2) is 48.9 Å². The standard InChI is InChI=1S/C18H16Cl2F2N5OP/c1-9-2-14(27-17(25-9)23-8-24-27)11-5-18(22,29)7-26(6-11)16(28)10-3-12(19)15(21)13(20)4-10/h2-4,8,11H,5-7,29H2,1H3/t11-,18?/m0/s1. The summed E-state index contributed by atoms with van der Waals surface area (Å²) in [5.41, 5.74) is 1.52. The van der Waals surface area contributed by atoms with E-state index in [4.69, 9.17) is 23.2 Å². The normalized spacial score (nSPS) is 22.3. The Morgan fingerprint density at radius 1 is 1.31 bits per heavy atom. The minimum absolute atomic E-state index is 0.0969. The summed E-state index contributed by atoms with van der Waals surface area (Å²) in [6, 6.07) is 4.21. The highest BCUT2D eigenvalue weighted by atomic mass is 35.5. The third-order valence-corrected chi connectivity index (χ3v) is 5.79. The minimum atomic E-state index is -1.71. The third kappa shape index (κ3) is 3.93. The molecule has 0 spiro atoms. The van der Waals surface area contributed by atoms with Crippen molar-refractivity contribution in [3.63, 3.8) is 0 Å². The highest BCUT2D eigenvalue weighted by Gasteiger charge is 2.40. The average Bonchev–Trinajstić information content (AvgIpc) is 3.11. The number of fused-ring (bicyclic) bond motifs is 1. The first-order valence-electron chi connectivity index (χ1n) is 8.73. The molecule has 1 fully saturated rings. The van der Waals surface area contributed by atoms with Crippen molar-refractivity contribution >= 4 is 44.1 Å². The van der Waals surface area contributed by atoms with E-state index in [0.29, 0.717) is 17.2 Å². The zero-order chi connectivity index (χ0) is 20.9. The fraction of sp³-hybridized carbons (Fsp3) is 0.333. The molecule has 0 N–H and O–H groups in total. The molecule has 3 heterocycles. The van der Waals surface area contributed by atoms with Crippen LogP contribution in [0.25, 0.3) is 5.78 Å². The second kappa shape index (κ2) is 7.42. The number of benzene rings is 1. The quantitative estimate of drug-likeness (QED) is 0.430. The molecule has 0 saturated carbocycles. The van der Waals surface area contributed by atoms with Crippen LogP contribution in [0.1, 0.15) is 34.1 Å². The van der Waals surface area contributed by atoms with Crippen molar-refractivity contribution in [3.8, 4) is 0 Å². The first-order valence-corrected chi connectivity index (χ1v) is 10.1. The number of amides is 1. The molecular weight excluding hydrogens is 442 g/mol. The number of likely N-dealkylation sites (tertiary alicyclic amines) is 1. The molecule has 1 saturated heterocycles. The Morgan fingerprint density at radius 3 is 2.69 bits per heavy atom. The molecule has 0 aliphatic carbocycles. The number of rotatable bonds is 2. The van der Waals surface area contributed by atoms with Crippen molar-refractivity contribution in [2.75, 3.05) is 13.1 Å². The van der Waals surface area contributed by atoms with Gasteiger partial charge in [-0.15, -0.1) is 0 Å². The van der Waals surface area contributed by atoms with Crippen molar-refractivity contribution < 1.29 is 13.6 Å². The maximum Gasteiger partial charge on any atom is 0.254 e. The minimum Gasteiger partial charge on any atom is -0.334 e. The van der Waals surface area contributed by atoms with Gasteiger partial charge in [0.15, 0.2) is 5.82 Å². The first kappa shape index (κ1) is 20.4. The summed E-state index contributed by atoms with van der Waals surface area (Å²) in [6.07, 6.45) is 1.55. The topological polar surface area (TPSA) is 63.4 Å². The van der Waals surface area contributed by atoms with Gasteiger partial charge in [0.25, 0.3) is 11.7 Å². The molecule has 0 radical (unpaired) electrons. The molecule has 1 aromatic carbocycles. The number of carbonyl (C=O) groups is 1. The lowest BCUT2D eigenvalue weighted by molar-refractivity contribution is 0.0543. The van der Waals surface area contributed by atoms with Crippen LogP contribution in [0.15, 0.2) is 24.5 Å². The second-order valence-corrected chi connectivity index (χ2v) is 9.02. The van der Waals surface area contributed by atoms with Gasteiger partial charge in [0, 0.05) is 23.7 Å². The number of aryl methyl sites for hydroxylation is 1. The molecule has 2 unspecified atom stereocenters. The lowest BCUT2D eigenvalue weighted by Gasteiger charge is -2.40. The third-order valence-electron chi connectivity index (χ3n) is 4.82. The van der Waals surface area contributed by atoms with E-state index in [9.17, 15) is 9.18 Å². The van der Waals surface area contributed by atoms with Crippen LogP contribution in [0.4, 0.5) is 8.78 Å². The smallest absolute Gasteiger partial charge is 0.254 e. The Kier molecular flexibility index (Phi) is 5.21. The lowest BCUT2D eigenvalue weighted by Crippen LogP contribution is -2.48. The second-order valence-electron chi connectivity index (χ2n) is 7.17. The molecule has 3 atom stereocenters. The van der Waals surface area contributed by atoms with Gasteiger partial charge in [0.2, 0.25) is 0 Å². The van der Waals surface area contributed by atoms with Crippen molar-refractivity contribution in [1.29, 1.82) is 0 Å². The molecule has 3 aromatic rings. The van der Waals surface area contributed by atoms with Gasteiger partial charge in [0.05, 0.1) is 22.3 Å². The van der Waals surface area contributed by atoms with Gasteiger partial charge in [-0.05, 0) is 31.5 Å². The molecule has 11 heteroatoms. The Labute approximate surface area is 177 Å². The number of aromatic nitrogens is 4. The lowest BCUT2D eigenvalue weighted by atomic mass is 9.92. The van der Waals surface area contributed by atoms with Crippen LogP contribution in [0.5, 0.6) is 0 Å². The predicted octanol–water partition coefficient (Wildman–Crippen LogP) is 4.05. The zero-order valence-corrected chi connectivity index (χ0v) is 17.9. The molecule has 1 aliphatic rings. The van der Waals surface area contributed by atoms with Crippen LogP contribution >= 0.6 is 32.4 Å². The first-order chi connectivity index (χ1) is 13.6. The number of nitrogens with zero attached hydrogens (tertiary/aromatic N) is 5. The number of alkyl halides is 1. The number of hydrogen-bond donors (Lipinski definition) is 0. The summed E-state index contributed by atoms with van der Waals surface area (Å²) < 4.78 is 30.4. The van der Waals surface area contributed by atoms with Gasteiger partial charge in [0.1, 0.15) is 11.7 Å². The van der Waals surface area contributed by atoms with Crippen LogP contribution < -0.4 is 0 Å². The average molecular weight is 458 g/mol. The largest absolute Gasteiger partial charge is 0.334 e. The van der Waals surface area contributed by atoms with Gasteiger partial charge in [-0.3, -0.25) is 4.79 Å². The number of halogens is 4. The van der Waals surface area contributed by atoms with Crippen molar-refractivity contribution in [1.82, 2.24) is 24.5 Å². The molecule has 1 amide bonds. The number of piperidine rings is 1. The Bertz CT molecular complexity index is 1100. The van der Waals surface area contributed by atoms with E-state index in [1.54, 1.807) is 4.52 Å². The number of carbonyl (C=O) groups excluding carboxylic acids is 1. The zero-order valence-electron chi connectivity index (χ0n) is 15.2. The maximum atomic E-state index is 15.2. The molecule has 6 nitrogen and oxygen atoms in total. The van der Waals surface area contributed by atoms with Gasteiger partial charge in [-0.25, -0.2) is 18.3 Å². The van der Waals surface area contributed by atoms with E-state index in [0.717, 1.165) is 0 Å². The molecule has 1 aliphatic heterocycles. The van der Waals surface area contributed by atoms with Crippen molar-refractivity contribution in [2.24, 2.45) is 0 Å². The van der Waals surface area contributed by atoms with Crippen LogP contribution in [0.2, 0.25) is 10.0 Å². The van der Waals surface area contributed by atoms with E-state index >= 15 is 4.39 Å². The van der Waals surface area contributed by atoms with Gasteiger partial charge >= 0.3 is 0 Å². The molecule has 29 heavy (non-hydrogen) atoms. The highest BCUT2D eigenvalue weighted by molar-refractivity contribution is 7.18. The molecule has 0 bridgehead atoms. The van der Waals surface area contributed by atoms with E-state index < -0.39 is 17.1 Å². The summed E-state index contributed by atoms with van der Waals surface area (Å²) in [4.78, 5) is 22.8. The summed E-state index contributed by atoms with van der Waals surface area (Å²) in [6.45, 7) is 1.92. The van der Waals surface area contributed by atoms with Crippen molar-refractivity contribution in [2.45, 2.75) is 24.7 Å². The fourth-order valence-corrected chi connectivity index (χ4v) is 4.64. The Hall–Kier alpha value is -1.89. The highest BCUT2D eigenvalue weighted by Crippen LogP contribution is 2.40. The van der Waals surface area contributed by atoms with Gasteiger partial charge in [-0.1, -0.05) is 32.4 Å². The summed E-state index contributed by atoms with van der Waals surface area (Å²) in [7, 11) is 2.18. The molecular formula is C18H16Cl2F2N5OP. The summed E-state index contributed by atoms with van der Waals surface area (Å²) in [5.74, 6) is -1.22. The maximum absolute atomic E-state index is 15.2. The molecule has 2 aromatic heterocycles. The summed E-state index contributed by atoms with van der Waals surface area (Å²) in [5, 5.41) is 1.94. The number of hydrogen-bond acceptors (Lipinski definition) is 4. The Morgan fingerprint density at radius 2 is 2.00 bits per heavy atom. The summed E-state index contributed by atoms with van der Waals surface area (Å²) >= 11 is 11.6. The van der Waals surface area contributed by atoms with E-state index in [-0.39, 0.29) is 41.0 Å². The fourth-order valence-electron chi connectivity index (χ4n) is 3.65. The van der Waals surface area contributed by atoms with E-state index in [1.807, 2.05) is 13.0 Å². The van der Waals surface area contributed by atoms with E-state index in [1.165, 1.54) is 23.4 Å². The van der Waals surface area contributed by atoms with Gasteiger partial charge in [-0.2, -0.15) is 10.1 Å². The van der Waals surface area contributed by atoms with E-state index in [2.05, 4.69) is 24.3 Å². The van der Waals surface area contributed by atoms with Crippen LogP contribution in [0.3, 0.4) is 0 Å².